The fourth-order valence-corrected chi connectivity index (χ4v) is 4.50. The van der Waals surface area contributed by atoms with Gasteiger partial charge in [0.1, 0.15) is 0 Å². The molecule has 1 amide bonds. The predicted octanol–water partition coefficient (Wildman–Crippen LogP) is 5.71. The molecular weight excluding hydrogens is 396 g/mol. The molecular formula is C25H51ClN2O2. The SMILES string of the molecule is CCCCNC(=O)C(CC(O)C(CC1CCCCC1)NCCC(C)CC)C(C)C.Cl. The number of carbonyl (C=O) groups is 1. The molecule has 0 saturated heterocycles. The van der Waals surface area contributed by atoms with E-state index in [4.69, 9.17) is 0 Å². The van der Waals surface area contributed by atoms with Crippen molar-refractivity contribution in [1.29, 1.82) is 0 Å². The zero-order valence-electron chi connectivity index (χ0n) is 20.4. The molecule has 0 heterocycles. The van der Waals surface area contributed by atoms with Crippen LogP contribution in [0.3, 0.4) is 0 Å². The van der Waals surface area contributed by atoms with Crippen LogP contribution in [0.15, 0.2) is 0 Å². The van der Waals surface area contributed by atoms with E-state index in [1.165, 1.54) is 38.5 Å². The second kappa shape index (κ2) is 17.3. The smallest absolute Gasteiger partial charge is 0.223 e. The van der Waals surface area contributed by atoms with Crippen molar-refractivity contribution in [3.63, 3.8) is 0 Å². The van der Waals surface area contributed by atoms with Gasteiger partial charge in [0.05, 0.1) is 6.10 Å². The number of nitrogens with one attached hydrogen (secondary N) is 2. The predicted molar refractivity (Wildman–Crippen MR) is 131 cm³/mol. The van der Waals surface area contributed by atoms with E-state index in [9.17, 15) is 9.90 Å². The Kier molecular flexibility index (Phi) is 17.1. The molecule has 4 atom stereocenters. The number of aliphatic hydroxyl groups is 1. The minimum absolute atomic E-state index is 0. The molecule has 180 valence electrons. The van der Waals surface area contributed by atoms with Crippen molar-refractivity contribution in [3.8, 4) is 0 Å². The number of rotatable bonds is 15. The van der Waals surface area contributed by atoms with Crippen molar-refractivity contribution >= 4 is 18.3 Å². The van der Waals surface area contributed by atoms with E-state index in [-0.39, 0.29) is 36.2 Å². The summed E-state index contributed by atoms with van der Waals surface area (Å²) in [5.41, 5.74) is 0. The molecule has 1 aliphatic carbocycles. The first-order valence-electron chi connectivity index (χ1n) is 12.6. The zero-order chi connectivity index (χ0) is 21.6. The van der Waals surface area contributed by atoms with E-state index in [2.05, 4.69) is 45.3 Å². The highest BCUT2D eigenvalue weighted by molar-refractivity contribution is 5.85. The van der Waals surface area contributed by atoms with Gasteiger partial charge in [-0.3, -0.25) is 4.79 Å². The number of aliphatic hydroxyl groups excluding tert-OH is 1. The molecule has 3 N–H and O–H groups in total. The topological polar surface area (TPSA) is 61.4 Å². The Balaban J connectivity index is 0.00000841. The fraction of sp³-hybridized carbons (Fsp3) is 0.960. The summed E-state index contributed by atoms with van der Waals surface area (Å²) in [6.07, 6.45) is 12.2. The van der Waals surface area contributed by atoms with Gasteiger partial charge in [-0.2, -0.15) is 0 Å². The molecule has 5 heteroatoms. The van der Waals surface area contributed by atoms with E-state index in [0.717, 1.165) is 44.7 Å². The van der Waals surface area contributed by atoms with Crippen molar-refractivity contribution in [2.24, 2.45) is 23.7 Å². The van der Waals surface area contributed by atoms with Gasteiger partial charge in [-0.05, 0) is 50.0 Å². The molecule has 1 rings (SSSR count). The number of hydrogen-bond donors (Lipinski definition) is 3. The third kappa shape index (κ3) is 11.9. The van der Waals surface area contributed by atoms with Gasteiger partial charge in [-0.15, -0.1) is 12.4 Å². The second-order valence-corrected chi connectivity index (χ2v) is 9.90. The molecule has 1 fully saturated rings. The first kappa shape index (κ1) is 29.7. The van der Waals surface area contributed by atoms with Crippen LogP contribution >= 0.6 is 12.4 Å². The van der Waals surface area contributed by atoms with Gasteiger partial charge in [0.25, 0.3) is 0 Å². The minimum atomic E-state index is -0.460. The lowest BCUT2D eigenvalue weighted by Gasteiger charge is -2.33. The van der Waals surface area contributed by atoms with Gasteiger partial charge in [0.15, 0.2) is 0 Å². The molecule has 0 aromatic heterocycles. The van der Waals surface area contributed by atoms with Gasteiger partial charge >= 0.3 is 0 Å². The normalized spacial score (nSPS) is 19.0. The van der Waals surface area contributed by atoms with Gasteiger partial charge in [-0.25, -0.2) is 0 Å². The lowest BCUT2D eigenvalue weighted by molar-refractivity contribution is -0.127. The standard InChI is InChI=1S/C25H50N2O2.ClH/c1-6-8-15-27-25(29)22(19(3)4)18-24(28)23(26-16-14-20(5)7-2)17-21-12-10-9-11-13-21;/h19-24,26,28H,6-18H2,1-5H3,(H,27,29);1H. The van der Waals surface area contributed by atoms with E-state index in [1.807, 2.05) is 0 Å². The van der Waals surface area contributed by atoms with Crippen LogP contribution in [-0.4, -0.2) is 36.2 Å². The highest BCUT2D eigenvalue weighted by atomic mass is 35.5. The number of halogens is 1. The van der Waals surface area contributed by atoms with Crippen molar-refractivity contribution in [2.75, 3.05) is 13.1 Å². The van der Waals surface area contributed by atoms with Crippen LogP contribution in [0.4, 0.5) is 0 Å². The maximum Gasteiger partial charge on any atom is 0.223 e. The van der Waals surface area contributed by atoms with Crippen molar-refractivity contribution in [2.45, 2.75) is 117 Å². The van der Waals surface area contributed by atoms with Crippen LogP contribution in [-0.2, 0) is 4.79 Å². The summed E-state index contributed by atoms with van der Waals surface area (Å²) in [4.78, 5) is 12.7. The summed E-state index contributed by atoms with van der Waals surface area (Å²) in [5.74, 6) is 1.66. The Bertz CT molecular complexity index is 427. The lowest BCUT2D eigenvalue weighted by atomic mass is 9.81. The summed E-state index contributed by atoms with van der Waals surface area (Å²) in [6.45, 7) is 12.6. The summed E-state index contributed by atoms with van der Waals surface area (Å²) in [5, 5.41) is 17.9. The number of amides is 1. The monoisotopic (exact) mass is 446 g/mol. The van der Waals surface area contributed by atoms with Crippen LogP contribution in [0, 0.1) is 23.7 Å². The van der Waals surface area contributed by atoms with Crippen LogP contribution in [0.5, 0.6) is 0 Å². The molecule has 30 heavy (non-hydrogen) atoms. The Morgan fingerprint density at radius 3 is 2.30 bits per heavy atom. The quantitative estimate of drug-likeness (QED) is 0.282. The Hall–Kier alpha value is -0.320. The molecule has 0 aromatic carbocycles. The third-order valence-electron chi connectivity index (χ3n) is 6.98. The fourth-order valence-electron chi connectivity index (χ4n) is 4.50. The maximum atomic E-state index is 12.7. The first-order chi connectivity index (χ1) is 13.9. The van der Waals surface area contributed by atoms with Crippen molar-refractivity contribution in [3.05, 3.63) is 0 Å². The maximum absolute atomic E-state index is 12.7. The number of unbranched alkanes of at least 4 members (excludes halogenated alkanes) is 1. The van der Waals surface area contributed by atoms with Gasteiger partial charge in [-0.1, -0.05) is 79.6 Å². The van der Waals surface area contributed by atoms with Crippen LogP contribution < -0.4 is 10.6 Å². The minimum Gasteiger partial charge on any atom is -0.391 e. The largest absolute Gasteiger partial charge is 0.391 e. The average molecular weight is 447 g/mol. The molecule has 0 bridgehead atoms. The van der Waals surface area contributed by atoms with Crippen LogP contribution in [0.1, 0.15) is 105 Å². The highest BCUT2D eigenvalue weighted by Crippen LogP contribution is 2.29. The zero-order valence-corrected chi connectivity index (χ0v) is 21.2. The number of hydrogen-bond acceptors (Lipinski definition) is 3. The summed E-state index contributed by atoms with van der Waals surface area (Å²) in [7, 11) is 0. The van der Waals surface area contributed by atoms with E-state index in [1.54, 1.807) is 0 Å². The Labute approximate surface area is 193 Å². The summed E-state index contributed by atoms with van der Waals surface area (Å²) < 4.78 is 0. The Morgan fingerprint density at radius 1 is 1.07 bits per heavy atom. The highest BCUT2D eigenvalue weighted by Gasteiger charge is 2.30. The molecule has 0 radical (unpaired) electrons. The molecule has 0 aromatic rings. The van der Waals surface area contributed by atoms with Crippen molar-refractivity contribution in [1.82, 2.24) is 10.6 Å². The van der Waals surface area contributed by atoms with E-state index in [0.29, 0.717) is 12.3 Å². The van der Waals surface area contributed by atoms with E-state index >= 15 is 0 Å². The van der Waals surface area contributed by atoms with Crippen LogP contribution in [0.25, 0.3) is 0 Å². The summed E-state index contributed by atoms with van der Waals surface area (Å²) >= 11 is 0. The van der Waals surface area contributed by atoms with Gasteiger partial charge < -0.3 is 15.7 Å². The second-order valence-electron chi connectivity index (χ2n) is 9.90. The van der Waals surface area contributed by atoms with Gasteiger partial charge in [0.2, 0.25) is 5.91 Å². The molecule has 0 spiro atoms. The molecule has 0 aliphatic heterocycles. The van der Waals surface area contributed by atoms with Crippen LogP contribution in [0.2, 0.25) is 0 Å². The molecule has 1 aliphatic rings. The van der Waals surface area contributed by atoms with Gasteiger partial charge in [0, 0.05) is 18.5 Å². The van der Waals surface area contributed by atoms with E-state index < -0.39 is 6.10 Å². The number of carbonyl (C=O) groups excluding carboxylic acids is 1. The third-order valence-corrected chi connectivity index (χ3v) is 6.98. The molecule has 4 unspecified atom stereocenters. The molecule has 4 nitrogen and oxygen atoms in total. The van der Waals surface area contributed by atoms with Crippen molar-refractivity contribution < 1.29 is 9.90 Å². The molecule has 1 saturated carbocycles. The summed E-state index contributed by atoms with van der Waals surface area (Å²) in [6, 6.07) is 0.104. The average Bonchev–Trinajstić information content (AvgIpc) is 2.71. The Morgan fingerprint density at radius 2 is 1.73 bits per heavy atom. The first-order valence-corrected chi connectivity index (χ1v) is 12.6. The lowest BCUT2D eigenvalue weighted by Crippen LogP contribution is -2.45.